The first-order chi connectivity index (χ1) is 9.49. The third-order valence-corrected chi connectivity index (χ3v) is 4.19. The molecule has 1 aromatic heterocycles. The average molecular weight is 337 g/mol. The maximum atomic E-state index is 12.0. The number of benzene rings is 1. The number of aliphatic carboxylic acids is 1. The molecule has 2 aromatic rings. The average Bonchev–Trinajstić information content (AvgIpc) is 2.70. The molecule has 5 nitrogen and oxygen atoms in total. The molecule has 6 heteroatoms. The molecule has 20 heavy (non-hydrogen) atoms. The number of carbonyl (C=O) groups is 2. The summed E-state index contributed by atoms with van der Waals surface area (Å²) in [5.41, 5.74) is 2.54. The van der Waals surface area contributed by atoms with E-state index in [0.717, 1.165) is 34.1 Å². The molecule has 1 aromatic carbocycles. The maximum Gasteiger partial charge on any atom is 0.395 e. The minimum Gasteiger partial charge on any atom is -0.474 e. The zero-order chi connectivity index (χ0) is 14.4. The van der Waals surface area contributed by atoms with Gasteiger partial charge >= 0.3 is 11.9 Å². The van der Waals surface area contributed by atoms with E-state index in [1.165, 1.54) is 4.57 Å². The lowest BCUT2D eigenvalue weighted by Crippen LogP contribution is -2.31. The van der Waals surface area contributed by atoms with Crippen molar-refractivity contribution in [3.8, 4) is 0 Å². The lowest BCUT2D eigenvalue weighted by atomic mass is 10.0. The van der Waals surface area contributed by atoms with Crippen LogP contribution in [0.4, 0.5) is 0 Å². The second-order valence-electron chi connectivity index (χ2n) is 5.02. The maximum absolute atomic E-state index is 12.0. The smallest absolute Gasteiger partial charge is 0.395 e. The molecule has 0 saturated heterocycles. The third kappa shape index (κ3) is 1.96. The summed E-state index contributed by atoms with van der Waals surface area (Å²) < 4.78 is 2.27. The van der Waals surface area contributed by atoms with Gasteiger partial charge in [-0.15, -0.1) is 0 Å². The molecule has 0 aliphatic carbocycles. The van der Waals surface area contributed by atoms with Crippen LogP contribution in [-0.2, 0) is 17.8 Å². The molecule has 0 bridgehead atoms. The van der Waals surface area contributed by atoms with Crippen LogP contribution in [0.2, 0.25) is 0 Å². The number of carboxylic acids is 1. The van der Waals surface area contributed by atoms with Gasteiger partial charge in [-0.25, -0.2) is 4.79 Å². The highest BCUT2D eigenvalue weighted by atomic mass is 79.9. The van der Waals surface area contributed by atoms with Gasteiger partial charge in [-0.2, -0.15) is 0 Å². The van der Waals surface area contributed by atoms with E-state index in [-0.39, 0.29) is 0 Å². The van der Waals surface area contributed by atoms with Crippen molar-refractivity contribution in [3.63, 3.8) is 0 Å². The minimum absolute atomic E-state index is 0.584. The molecule has 0 unspecified atom stereocenters. The zero-order valence-electron chi connectivity index (χ0n) is 10.9. The Morgan fingerprint density at radius 1 is 1.35 bits per heavy atom. The van der Waals surface area contributed by atoms with Crippen molar-refractivity contribution in [2.75, 3.05) is 13.6 Å². The van der Waals surface area contributed by atoms with Gasteiger partial charge in [0, 0.05) is 28.6 Å². The fraction of sp³-hybridized carbons (Fsp3) is 0.286. The molecule has 1 aliphatic heterocycles. The van der Waals surface area contributed by atoms with Gasteiger partial charge in [0.25, 0.3) is 0 Å². The highest BCUT2D eigenvalue weighted by Crippen LogP contribution is 2.32. The van der Waals surface area contributed by atoms with Crippen LogP contribution in [0.15, 0.2) is 22.7 Å². The number of halogens is 1. The summed E-state index contributed by atoms with van der Waals surface area (Å²) >= 11 is 3.43. The fourth-order valence-electron chi connectivity index (χ4n) is 2.79. The van der Waals surface area contributed by atoms with Crippen LogP contribution in [0.5, 0.6) is 0 Å². The van der Waals surface area contributed by atoms with Gasteiger partial charge < -0.3 is 10.0 Å². The Balaban J connectivity index is 2.34. The highest BCUT2D eigenvalue weighted by Gasteiger charge is 2.28. The summed E-state index contributed by atoms with van der Waals surface area (Å²) in [6, 6.07) is 5.56. The van der Waals surface area contributed by atoms with E-state index < -0.39 is 11.9 Å². The number of fused-ring (bicyclic) bond motifs is 3. The van der Waals surface area contributed by atoms with Crippen molar-refractivity contribution in [3.05, 3.63) is 33.9 Å². The Labute approximate surface area is 123 Å². The van der Waals surface area contributed by atoms with Gasteiger partial charge in [-0.3, -0.25) is 9.36 Å². The minimum atomic E-state index is -1.43. The number of likely N-dealkylation sites (N-methyl/N-ethyl adjacent to an activating group) is 1. The second kappa shape index (κ2) is 4.71. The van der Waals surface area contributed by atoms with Crippen LogP contribution >= 0.6 is 15.9 Å². The molecular formula is C14H13BrN2O3. The monoisotopic (exact) mass is 336 g/mol. The quantitative estimate of drug-likeness (QED) is 0.748. The summed E-state index contributed by atoms with van der Waals surface area (Å²) in [6.45, 7) is 1.49. The molecule has 104 valence electrons. The molecule has 0 saturated carbocycles. The van der Waals surface area contributed by atoms with Crippen molar-refractivity contribution < 1.29 is 14.7 Å². The molecule has 0 atom stereocenters. The standard InChI is InChI=1S/C14H13BrN2O3/c1-16-5-4-9-10-6-8(15)2-3-11(10)17(12(9)7-16)13(18)14(19)20/h2-3,6H,4-5,7H2,1H3,(H,19,20). The van der Waals surface area contributed by atoms with Gasteiger partial charge in [-0.05, 0) is 37.2 Å². The van der Waals surface area contributed by atoms with Gasteiger partial charge in [0.1, 0.15) is 0 Å². The van der Waals surface area contributed by atoms with Crippen molar-refractivity contribution in [1.29, 1.82) is 0 Å². The van der Waals surface area contributed by atoms with Crippen molar-refractivity contribution >= 4 is 38.7 Å². The zero-order valence-corrected chi connectivity index (χ0v) is 12.5. The van der Waals surface area contributed by atoms with Crippen molar-refractivity contribution in [2.45, 2.75) is 13.0 Å². The summed E-state index contributed by atoms with van der Waals surface area (Å²) in [6.07, 6.45) is 0.818. The number of hydrogen-bond acceptors (Lipinski definition) is 3. The predicted octanol–water partition coefficient (Wildman–Crippen LogP) is 2.12. The van der Waals surface area contributed by atoms with E-state index in [4.69, 9.17) is 5.11 Å². The molecular weight excluding hydrogens is 324 g/mol. The van der Waals surface area contributed by atoms with Crippen molar-refractivity contribution in [1.82, 2.24) is 9.47 Å². The molecule has 2 heterocycles. The lowest BCUT2D eigenvalue weighted by Gasteiger charge is -2.23. The van der Waals surface area contributed by atoms with Crippen molar-refractivity contribution in [2.24, 2.45) is 0 Å². The molecule has 0 amide bonds. The summed E-state index contributed by atoms with van der Waals surface area (Å²) in [7, 11) is 1.96. The number of nitrogens with zero attached hydrogens (tertiary/aromatic N) is 2. The van der Waals surface area contributed by atoms with E-state index in [1.54, 1.807) is 6.07 Å². The normalized spacial score (nSPS) is 15.3. The molecule has 3 rings (SSSR count). The number of rotatable bonds is 0. The molecule has 0 radical (unpaired) electrons. The Morgan fingerprint density at radius 3 is 2.80 bits per heavy atom. The first-order valence-corrected chi connectivity index (χ1v) is 7.06. The number of carbonyl (C=O) groups excluding carboxylic acids is 1. The van der Waals surface area contributed by atoms with E-state index in [1.807, 2.05) is 19.2 Å². The Morgan fingerprint density at radius 2 is 2.10 bits per heavy atom. The van der Waals surface area contributed by atoms with E-state index in [9.17, 15) is 9.59 Å². The number of carboxylic acid groups (broad SMARTS) is 1. The van der Waals surface area contributed by atoms with E-state index in [2.05, 4.69) is 20.8 Å². The van der Waals surface area contributed by atoms with Crippen LogP contribution in [0.1, 0.15) is 16.1 Å². The SMILES string of the molecule is CN1CCc2c(n(C(=O)C(=O)O)c3ccc(Br)cc23)C1. The van der Waals surface area contributed by atoms with Crippen LogP contribution in [-0.4, -0.2) is 40.0 Å². The van der Waals surface area contributed by atoms with Crippen LogP contribution in [0, 0.1) is 0 Å². The van der Waals surface area contributed by atoms with E-state index >= 15 is 0 Å². The Kier molecular flexibility index (Phi) is 3.14. The lowest BCUT2D eigenvalue weighted by molar-refractivity contribution is -0.132. The van der Waals surface area contributed by atoms with Gasteiger partial charge in [0.05, 0.1) is 5.52 Å². The highest BCUT2D eigenvalue weighted by molar-refractivity contribution is 9.10. The van der Waals surface area contributed by atoms with Gasteiger partial charge in [0.2, 0.25) is 0 Å². The largest absolute Gasteiger partial charge is 0.474 e. The van der Waals surface area contributed by atoms with Gasteiger partial charge in [0.15, 0.2) is 0 Å². The first-order valence-electron chi connectivity index (χ1n) is 6.27. The Bertz CT molecular complexity index is 736. The number of hydrogen-bond donors (Lipinski definition) is 1. The molecule has 1 N–H and O–H groups in total. The number of aromatic nitrogens is 1. The van der Waals surface area contributed by atoms with E-state index in [0.29, 0.717) is 12.1 Å². The van der Waals surface area contributed by atoms with Crippen LogP contribution in [0.3, 0.4) is 0 Å². The predicted molar refractivity (Wildman–Crippen MR) is 77.9 cm³/mol. The molecule has 0 fully saturated rings. The summed E-state index contributed by atoms with van der Waals surface area (Å²) in [4.78, 5) is 25.2. The second-order valence-corrected chi connectivity index (χ2v) is 5.94. The van der Waals surface area contributed by atoms with Crippen LogP contribution in [0.25, 0.3) is 10.9 Å². The third-order valence-electron chi connectivity index (χ3n) is 3.69. The topological polar surface area (TPSA) is 62.5 Å². The summed E-state index contributed by atoms with van der Waals surface area (Å²) in [5, 5.41) is 10.00. The summed E-state index contributed by atoms with van der Waals surface area (Å²) in [5.74, 6) is -2.32. The first kappa shape index (κ1) is 13.3. The molecule has 0 spiro atoms. The van der Waals surface area contributed by atoms with Gasteiger partial charge in [-0.1, -0.05) is 15.9 Å². The fourth-order valence-corrected chi connectivity index (χ4v) is 3.15. The Hall–Kier alpha value is -1.66. The molecule has 1 aliphatic rings. The van der Waals surface area contributed by atoms with Crippen LogP contribution < -0.4 is 0 Å².